The zero-order valence-electron chi connectivity index (χ0n) is 19.7. The lowest BCUT2D eigenvalue weighted by Gasteiger charge is -2.24. The van der Waals surface area contributed by atoms with E-state index in [0.717, 1.165) is 21.8 Å². The van der Waals surface area contributed by atoms with Crippen molar-refractivity contribution < 1.29 is 19.4 Å². The second-order valence-electron chi connectivity index (χ2n) is 8.90. The second-order valence-corrected chi connectivity index (χ2v) is 9.85. The number of amides is 1. The molecule has 7 heteroatoms. The molecular weight excluding hydrogens is 448 g/mol. The van der Waals surface area contributed by atoms with Crippen LogP contribution in [-0.4, -0.2) is 33.3 Å². The van der Waals surface area contributed by atoms with Gasteiger partial charge in [-0.2, -0.15) is 0 Å². The highest BCUT2D eigenvalue weighted by atomic mass is 32.1. The number of thiophene rings is 1. The van der Waals surface area contributed by atoms with Gasteiger partial charge in [0.25, 0.3) is 11.7 Å². The molecule has 4 rings (SSSR count). The van der Waals surface area contributed by atoms with E-state index in [4.69, 9.17) is 4.74 Å². The Balaban J connectivity index is 1.78. The molecule has 1 amide bonds. The molecule has 0 radical (unpaired) electrons. The van der Waals surface area contributed by atoms with E-state index in [9.17, 15) is 14.7 Å². The van der Waals surface area contributed by atoms with E-state index in [1.165, 1.54) is 16.2 Å². The van der Waals surface area contributed by atoms with Crippen LogP contribution in [0.25, 0.3) is 5.76 Å². The van der Waals surface area contributed by atoms with Gasteiger partial charge in [-0.1, -0.05) is 19.9 Å². The molecule has 0 aliphatic carbocycles. The van der Waals surface area contributed by atoms with Crippen LogP contribution in [0, 0.1) is 19.8 Å². The highest BCUT2D eigenvalue weighted by molar-refractivity contribution is 7.10. The molecule has 1 saturated heterocycles. The minimum atomic E-state index is -0.691. The minimum Gasteiger partial charge on any atom is -0.507 e. The van der Waals surface area contributed by atoms with Crippen molar-refractivity contribution in [1.82, 2.24) is 9.88 Å². The summed E-state index contributed by atoms with van der Waals surface area (Å²) in [5, 5.41) is 13.2. The number of aliphatic hydroxyl groups excluding tert-OH is 1. The van der Waals surface area contributed by atoms with Gasteiger partial charge < -0.3 is 14.7 Å². The Morgan fingerprint density at radius 3 is 2.56 bits per heavy atom. The van der Waals surface area contributed by atoms with Crippen LogP contribution in [0.3, 0.4) is 0 Å². The first-order valence-corrected chi connectivity index (χ1v) is 12.1. The van der Waals surface area contributed by atoms with E-state index in [1.807, 2.05) is 37.4 Å². The van der Waals surface area contributed by atoms with Gasteiger partial charge >= 0.3 is 0 Å². The van der Waals surface area contributed by atoms with Crippen molar-refractivity contribution in [3.05, 3.63) is 86.9 Å². The van der Waals surface area contributed by atoms with Crippen LogP contribution in [0.2, 0.25) is 0 Å². The number of aryl methyl sites for hydroxylation is 2. The summed E-state index contributed by atoms with van der Waals surface area (Å²) in [6.45, 7) is 8.75. The standard InChI is InChI=1S/C27H28N2O4S/c1-16(2)15-33-21-9-8-19(13-18(21)4)24(30)22-23(26-17(3)10-12-34-26)29(27(32)25(22)31)14-20-7-5-6-11-28-20/h5-13,16,23,30H,14-15H2,1-4H3/b24-22-. The van der Waals surface area contributed by atoms with Gasteiger partial charge in [-0.05, 0) is 72.7 Å². The minimum absolute atomic E-state index is 0.0988. The molecule has 1 atom stereocenters. The zero-order valence-corrected chi connectivity index (χ0v) is 20.6. The quantitative estimate of drug-likeness (QED) is 0.280. The van der Waals surface area contributed by atoms with E-state index >= 15 is 0 Å². The average Bonchev–Trinajstić information content (AvgIpc) is 3.34. The third-order valence-electron chi connectivity index (χ3n) is 5.77. The van der Waals surface area contributed by atoms with Crippen molar-refractivity contribution in [2.45, 2.75) is 40.3 Å². The molecule has 0 bridgehead atoms. The molecule has 1 fully saturated rings. The molecule has 1 aliphatic heterocycles. The smallest absolute Gasteiger partial charge is 0.296 e. The molecule has 3 aromatic rings. The number of aliphatic hydroxyl groups is 1. The fourth-order valence-electron chi connectivity index (χ4n) is 4.02. The molecule has 176 valence electrons. The molecule has 6 nitrogen and oxygen atoms in total. The van der Waals surface area contributed by atoms with Crippen LogP contribution < -0.4 is 4.74 Å². The van der Waals surface area contributed by atoms with Crippen molar-refractivity contribution in [3.8, 4) is 5.75 Å². The van der Waals surface area contributed by atoms with Gasteiger partial charge in [-0.3, -0.25) is 14.6 Å². The van der Waals surface area contributed by atoms with Gasteiger partial charge in [0.15, 0.2) is 0 Å². The molecule has 34 heavy (non-hydrogen) atoms. The second kappa shape index (κ2) is 9.81. The molecule has 1 aliphatic rings. The van der Waals surface area contributed by atoms with Gasteiger partial charge in [0.1, 0.15) is 17.6 Å². The van der Waals surface area contributed by atoms with Crippen molar-refractivity contribution in [2.75, 3.05) is 6.61 Å². The summed E-state index contributed by atoms with van der Waals surface area (Å²) in [5.74, 6) is -0.399. The maximum Gasteiger partial charge on any atom is 0.296 e. The molecule has 1 N–H and O–H groups in total. The Morgan fingerprint density at radius 1 is 1.15 bits per heavy atom. The summed E-state index contributed by atoms with van der Waals surface area (Å²) in [4.78, 5) is 33.0. The summed E-state index contributed by atoms with van der Waals surface area (Å²) in [6.07, 6.45) is 1.66. The number of nitrogens with zero attached hydrogens (tertiary/aromatic N) is 2. The molecule has 2 aromatic heterocycles. The largest absolute Gasteiger partial charge is 0.507 e. The number of likely N-dealkylation sites (tertiary alicyclic amines) is 1. The Bertz CT molecular complexity index is 1250. The normalized spacial score (nSPS) is 17.6. The predicted molar refractivity (Wildman–Crippen MR) is 133 cm³/mol. The molecule has 1 unspecified atom stereocenters. The monoisotopic (exact) mass is 476 g/mol. The number of hydrogen-bond acceptors (Lipinski definition) is 6. The average molecular weight is 477 g/mol. The summed E-state index contributed by atoms with van der Waals surface area (Å²) in [6, 6.07) is 12.0. The maximum absolute atomic E-state index is 13.2. The van der Waals surface area contributed by atoms with Gasteiger partial charge in [-0.25, -0.2) is 0 Å². The molecule has 0 spiro atoms. The van der Waals surface area contributed by atoms with Gasteiger partial charge in [0.05, 0.1) is 24.4 Å². The van der Waals surface area contributed by atoms with Crippen LogP contribution >= 0.6 is 11.3 Å². The highest BCUT2D eigenvalue weighted by Crippen LogP contribution is 2.43. The molecule has 0 saturated carbocycles. The Hall–Kier alpha value is -3.45. The van der Waals surface area contributed by atoms with Gasteiger partial charge in [0, 0.05) is 16.6 Å². The van der Waals surface area contributed by atoms with E-state index in [1.54, 1.807) is 30.5 Å². The lowest BCUT2D eigenvalue weighted by molar-refractivity contribution is -0.140. The van der Waals surface area contributed by atoms with E-state index < -0.39 is 17.7 Å². The first-order chi connectivity index (χ1) is 16.3. The number of carbonyl (C=O) groups excluding carboxylic acids is 2. The van der Waals surface area contributed by atoms with E-state index in [2.05, 4.69) is 18.8 Å². The number of aromatic nitrogens is 1. The van der Waals surface area contributed by atoms with Crippen molar-refractivity contribution >= 4 is 28.8 Å². The fraction of sp³-hybridized carbons (Fsp3) is 0.296. The van der Waals surface area contributed by atoms with Crippen LogP contribution in [0.4, 0.5) is 0 Å². The van der Waals surface area contributed by atoms with Crippen molar-refractivity contribution in [3.63, 3.8) is 0 Å². The molecular formula is C27H28N2O4S. The topological polar surface area (TPSA) is 79.7 Å². The lowest BCUT2D eigenvalue weighted by atomic mass is 9.97. The first kappa shape index (κ1) is 23.7. The number of carbonyl (C=O) groups is 2. The number of rotatable bonds is 7. The fourth-order valence-corrected chi connectivity index (χ4v) is 5.06. The zero-order chi connectivity index (χ0) is 24.4. The van der Waals surface area contributed by atoms with Crippen molar-refractivity contribution in [1.29, 1.82) is 0 Å². The van der Waals surface area contributed by atoms with E-state index in [-0.39, 0.29) is 17.9 Å². The van der Waals surface area contributed by atoms with Gasteiger partial charge in [-0.15, -0.1) is 11.3 Å². The van der Waals surface area contributed by atoms with Gasteiger partial charge in [0.2, 0.25) is 0 Å². The van der Waals surface area contributed by atoms with Crippen LogP contribution in [-0.2, 0) is 16.1 Å². The predicted octanol–water partition coefficient (Wildman–Crippen LogP) is 5.42. The third-order valence-corrected chi connectivity index (χ3v) is 6.84. The first-order valence-electron chi connectivity index (χ1n) is 11.2. The Morgan fingerprint density at radius 2 is 1.94 bits per heavy atom. The summed E-state index contributed by atoms with van der Waals surface area (Å²) in [7, 11) is 0. The number of pyridine rings is 1. The van der Waals surface area contributed by atoms with Crippen LogP contribution in [0.15, 0.2) is 59.6 Å². The number of Topliss-reactive ketones (excluding diaryl/α,β-unsaturated/α-hetero) is 1. The number of ether oxygens (including phenoxy) is 1. The summed E-state index contributed by atoms with van der Waals surface area (Å²) in [5.41, 5.74) is 3.05. The number of hydrogen-bond donors (Lipinski definition) is 1. The number of ketones is 1. The van der Waals surface area contributed by atoms with Crippen molar-refractivity contribution in [2.24, 2.45) is 5.92 Å². The third kappa shape index (κ3) is 4.61. The molecule has 1 aromatic carbocycles. The summed E-state index contributed by atoms with van der Waals surface area (Å²) < 4.78 is 5.84. The highest BCUT2D eigenvalue weighted by Gasteiger charge is 2.47. The maximum atomic E-state index is 13.2. The van der Waals surface area contributed by atoms with E-state index in [0.29, 0.717) is 23.8 Å². The van der Waals surface area contributed by atoms with Crippen LogP contribution in [0.1, 0.15) is 47.2 Å². The Kier molecular flexibility index (Phi) is 6.84. The summed E-state index contributed by atoms with van der Waals surface area (Å²) >= 11 is 1.46. The lowest BCUT2D eigenvalue weighted by Crippen LogP contribution is -2.29. The SMILES string of the molecule is Cc1cc(/C(O)=C2/C(=O)C(=O)N(Cc3ccccn3)C2c2sccc2C)ccc1OCC(C)C. The number of benzene rings is 1. The van der Waals surface area contributed by atoms with Crippen LogP contribution in [0.5, 0.6) is 5.75 Å². The molecule has 3 heterocycles. The Labute approximate surface area is 203 Å².